The molecule has 3 amide bonds. The van der Waals surface area contributed by atoms with Gasteiger partial charge in [0.1, 0.15) is 29.5 Å². The third kappa shape index (κ3) is 9.32. The van der Waals surface area contributed by atoms with Gasteiger partial charge in [-0.15, -0.1) is 0 Å². The summed E-state index contributed by atoms with van der Waals surface area (Å²) in [6.07, 6.45) is 1.06. The Morgan fingerprint density at radius 1 is 1.00 bits per heavy atom. The van der Waals surface area contributed by atoms with Gasteiger partial charge >= 0.3 is 0 Å². The van der Waals surface area contributed by atoms with Gasteiger partial charge in [0.15, 0.2) is 5.78 Å². The van der Waals surface area contributed by atoms with Gasteiger partial charge in [-0.1, -0.05) is 56.3 Å². The van der Waals surface area contributed by atoms with Gasteiger partial charge in [-0.05, 0) is 31.2 Å². The standard InChI is InChI=1S/C31H45N5O7/c1-5-23(32-30(40)26-17-22(43-35-26)18-36-11-13-41-14-12-36)28(38)34-25(16-21-9-7-6-8-10-21)29(39)33-24(15-20(2)3)27(37)31(4)19-42-31/h6-10,20,22-25H,5,11-19H2,1-4H3,(H,32,40)(H,33,39)(H,34,38)/t22?,23-,24-,25-,31?/m0/s1. The van der Waals surface area contributed by atoms with Crippen molar-refractivity contribution >= 4 is 29.2 Å². The van der Waals surface area contributed by atoms with E-state index >= 15 is 0 Å². The van der Waals surface area contributed by atoms with Crippen LogP contribution in [0.25, 0.3) is 0 Å². The first-order valence-electron chi connectivity index (χ1n) is 15.2. The normalized spacial score (nSPS) is 23.8. The Balaban J connectivity index is 1.38. The quantitative estimate of drug-likeness (QED) is 0.253. The van der Waals surface area contributed by atoms with E-state index in [1.54, 1.807) is 13.8 Å². The zero-order valence-corrected chi connectivity index (χ0v) is 25.6. The van der Waals surface area contributed by atoms with E-state index in [9.17, 15) is 19.2 Å². The summed E-state index contributed by atoms with van der Waals surface area (Å²) in [5.41, 5.74) is 0.179. The molecule has 3 heterocycles. The van der Waals surface area contributed by atoms with Crippen molar-refractivity contribution in [3.63, 3.8) is 0 Å². The second-order valence-corrected chi connectivity index (χ2v) is 12.1. The van der Waals surface area contributed by atoms with E-state index in [4.69, 9.17) is 14.3 Å². The van der Waals surface area contributed by atoms with E-state index in [2.05, 4.69) is 26.0 Å². The maximum atomic E-state index is 13.6. The van der Waals surface area contributed by atoms with Gasteiger partial charge in [-0.25, -0.2) is 0 Å². The number of morpholine rings is 1. The van der Waals surface area contributed by atoms with Crippen molar-refractivity contribution < 1.29 is 33.5 Å². The molecule has 2 unspecified atom stereocenters. The number of ketones is 1. The molecule has 12 nitrogen and oxygen atoms in total. The Labute approximate surface area is 253 Å². The van der Waals surface area contributed by atoms with Gasteiger partial charge in [-0.2, -0.15) is 0 Å². The number of benzene rings is 1. The fourth-order valence-corrected chi connectivity index (χ4v) is 5.25. The minimum atomic E-state index is -0.971. The van der Waals surface area contributed by atoms with Crippen molar-refractivity contribution in [2.24, 2.45) is 11.1 Å². The number of ether oxygens (including phenoxy) is 2. The van der Waals surface area contributed by atoms with Gasteiger partial charge < -0.3 is 30.3 Å². The fourth-order valence-electron chi connectivity index (χ4n) is 5.25. The third-order valence-corrected chi connectivity index (χ3v) is 7.94. The Hall–Kier alpha value is -3.35. The number of carbonyl (C=O) groups is 4. The lowest BCUT2D eigenvalue weighted by Crippen LogP contribution is -2.57. The first kappa shape index (κ1) is 32.6. The van der Waals surface area contributed by atoms with Crippen LogP contribution in [0.1, 0.15) is 52.5 Å². The largest absolute Gasteiger partial charge is 0.390 e. The predicted octanol–water partition coefficient (Wildman–Crippen LogP) is 0.975. The van der Waals surface area contributed by atoms with Crippen LogP contribution < -0.4 is 16.0 Å². The van der Waals surface area contributed by atoms with Crippen molar-refractivity contribution in [3.05, 3.63) is 35.9 Å². The van der Waals surface area contributed by atoms with Crippen LogP contribution >= 0.6 is 0 Å². The number of amides is 3. The topological polar surface area (TPSA) is 151 Å². The molecule has 2 fully saturated rings. The minimum absolute atomic E-state index is 0.148. The second kappa shape index (κ2) is 14.9. The highest BCUT2D eigenvalue weighted by molar-refractivity contribution is 6.39. The molecule has 43 heavy (non-hydrogen) atoms. The highest BCUT2D eigenvalue weighted by atomic mass is 16.6. The van der Waals surface area contributed by atoms with E-state index in [0.717, 1.165) is 18.7 Å². The van der Waals surface area contributed by atoms with E-state index in [0.29, 0.717) is 45.6 Å². The Morgan fingerprint density at radius 3 is 2.28 bits per heavy atom. The predicted molar refractivity (Wildman–Crippen MR) is 159 cm³/mol. The van der Waals surface area contributed by atoms with Crippen molar-refractivity contribution in [1.29, 1.82) is 0 Å². The SMILES string of the molecule is CC[C@H](NC(=O)C1=NOC(CN2CCOCC2)C1)C(=O)N[C@@H](Cc1ccccc1)C(=O)N[C@@H](CC(C)C)C(=O)C1(C)CO1. The summed E-state index contributed by atoms with van der Waals surface area (Å²) in [7, 11) is 0. The van der Waals surface area contributed by atoms with Crippen LogP contribution in [0.4, 0.5) is 0 Å². The number of carbonyl (C=O) groups excluding carboxylic acids is 4. The molecule has 1 aromatic carbocycles. The number of rotatable bonds is 15. The van der Waals surface area contributed by atoms with Crippen molar-refractivity contribution in [2.75, 3.05) is 39.5 Å². The molecule has 1 aromatic rings. The zero-order valence-electron chi connectivity index (χ0n) is 25.6. The lowest BCUT2D eigenvalue weighted by molar-refractivity contribution is -0.134. The van der Waals surface area contributed by atoms with Crippen molar-refractivity contribution in [2.45, 2.75) is 83.2 Å². The van der Waals surface area contributed by atoms with Crippen LogP contribution in [0, 0.1) is 5.92 Å². The third-order valence-electron chi connectivity index (χ3n) is 7.94. The van der Waals surface area contributed by atoms with Crippen LogP contribution in [0.5, 0.6) is 0 Å². The molecule has 236 valence electrons. The number of epoxide rings is 1. The first-order valence-corrected chi connectivity index (χ1v) is 15.2. The van der Waals surface area contributed by atoms with E-state index in [-0.39, 0.29) is 29.9 Å². The van der Waals surface area contributed by atoms with Crippen LogP contribution in [0.15, 0.2) is 35.5 Å². The molecule has 0 spiro atoms. The van der Waals surface area contributed by atoms with Crippen LogP contribution in [0.2, 0.25) is 0 Å². The van der Waals surface area contributed by atoms with Gasteiger partial charge in [0, 0.05) is 32.5 Å². The summed E-state index contributed by atoms with van der Waals surface area (Å²) in [5.74, 6) is -1.48. The summed E-state index contributed by atoms with van der Waals surface area (Å²) in [6.45, 7) is 11.4. The Bertz CT molecular complexity index is 1160. The molecule has 0 bridgehead atoms. The fraction of sp³-hybridized carbons (Fsp3) is 0.645. The number of nitrogens with one attached hydrogen (secondary N) is 3. The van der Waals surface area contributed by atoms with Crippen molar-refractivity contribution in [3.8, 4) is 0 Å². The molecule has 0 saturated carbocycles. The molecule has 3 aliphatic heterocycles. The number of Topliss-reactive ketones (excluding diaryl/α,β-unsaturated/α-hetero) is 1. The van der Waals surface area contributed by atoms with Crippen LogP contribution in [-0.2, 0) is 39.9 Å². The molecule has 0 radical (unpaired) electrons. The summed E-state index contributed by atoms with van der Waals surface area (Å²) in [4.78, 5) is 60.9. The summed E-state index contributed by atoms with van der Waals surface area (Å²) < 4.78 is 10.7. The van der Waals surface area contributed by atoms with Crippen molar-refractivity contribution in [1.82, 2.24) is 20.9 Å². The molecule has 3 N–H and O–H groups in total. The van der Waals surface area contributed by atoms with Gasteiger partial charge in [0.25, 0.3) is 5.91 Å². The zero-order chi connectivity index (χ0) is 31.0. The highest BCUT2D eigenvalue weighted by Gasteiger charge is 2.50. The molecule has 5 atom stereocenters. The molecule has 4 rings (SSSR count). The van der Waals surface area contributed by atoms with Crippen LogP contribution in [0.3, 0.4) is 0 Å². The number of oxime groups is 1. The Kier molecular flexibility index (Phi) is 11.3. The lowest BCUT2D eigenvalue weighted by Gasteiger charge is -2.27. The number of hydrogen-bond acceptors (Lipinski definition) is 9. The molecule has 0 aliphatic carbocycles. The van der Waals surface area contributed by atoms with E-state index in [1.807, 2.05) is 44.2 Å². The van der Waals surface area contributed by atoms with E-state index < -0.39 is 41.4 Å². The summed E-state index contributed by atoms with van der Waals surface area (Å²) >= 11 is 0. The lowest BCUT2D eigenvalue weighted by atomic mass is 9.93. The highest BCUT2D eigenvalue weighted by Crippen LogP contribution is 2.29. The molecule has 0 aromatic heterocycles. The maximum Gasteiger partial charge on any atom is 0.269 e. The maximum absolute atomic E-state index is 13.6. The Morgan fingerprint density at radius 2 is 1.65 bits per heavy atom. The average Bonchev–Trinajstić information content (AvgIpc) is 3.57. The minimum Gasteiger partial charge on any atom is -0.390 e. The first-order chi connectivity index (χ1) is 20.6. The average molecular weight is 600 g/mol. The molecule has 2 saturated heterocycles. The molecular formula is C31H45N5O7. The monoisotopic (exact) mass is 599 g/mol. The van der Waals surface area contributed by atoms with Crippen LogP contribution in [-0.4, -0.2) is 103 Å². The van der Waals surface area contributed by atoms with Gasteiger partial charge in [-0.3, -0.25) is 24.1 Å². The van der Waals surface area contributed by atoms with Gasteiger partial charge in [0.05, 0.1) is 25.9 Å². The number of nitrogens with zero attached hydrogens (tertiary/aromatic N) is 2. The van der Waals surface area contributed by atoms with E-state index in [1.165, 1.54) is 0 Å². The second-order valence-electron chi connectivity index (χ2n) is 12.1. The molecule has 12 heteroatoms. The summed E-state index contributed by atoms with van der Waals surface area (Å²) in [6, 6.07) is 6.70. The molecular weight excluding hydrogens is 554 g/mol. The molecule has 3 aliphatic rings. The summed E-state index contributed by atoms with van der Waals surface area (Å²) in [5, 5.41) is 12.4. The smallest absolute Gasteiger partial charge is 0.269 e. The van der Waals surface area contributed by atoms with Gasteiger partial charge in [0.2, 0.25) is 11.8 Å². The number of hydrogen-bond donors (Lipinski definition) is 3.